The van der Waals surface area contributed by atoms with Crippen molar-refractivity contribution in [2.75, 3.05) is 26.3 Å². The average molecular weight is 923 g/mol. The van der Waals surface area contributed by atoms with Crippen LogP contribution in [0.4, 0.5) is 9.59 Å². The van der Waals surface area contributed by atoms with E-state index in [-0.39, 0.29) is 50.6 Å². The fourth-order valence-corrected chi connectivity index (χ4v) is 9.60. The zero-order chi connectivity index (χ0) is 46.8. The first kappa shape index (κ1) is 49.5. The van der Waals surface area contributed by atoms with E-state index in [1.165, 1.54) is 0 Å². The summed E-state index contributed by atoms with van der Waals surface area (Å²) in [4.78, 5) is 49.8. The van der Waals surface area contributed by atoms with Crippen molar-refractivity contribution in [3.8, 4) is 0 Å². The molecule has 16 nitrogen and oxygen atoms in total. The molecule has 0 radical (unpaired) electrons. The van der Waals surface area contributed by atoms with Crippen LogP contribution in [0.1, 0.15) is 127 Å². The molecule has 4 unspecified atom stereocenters. The molecule has 4 aromatic heterocycles. The van der Waals surface area contributed by atoms with Gasteiger partial charge in [0, 0.05) is 66.0 Å². The molecule has 2 fully saturated rings. The lowest BCUT2D eigenvalue weighted by atomic mass is 10.0. The van der Waals surface area contributed by atoms with Gasteiger partial charge in [-0.1, -0.05) is 39.3 Å². The van der Waals surface area contributed by atoms with E-state index in [2.05, 4.69) is 39.3 Å². The number of ether oxygens (including phenoxy) is 4. The number of carbonyl (C=O) groups excluding carboxylic acids is 2. The molecule has 354 valence electrons. The van der Waals surface area contributed by atoms with Crippen molar-refractivity contribution < 1.29 is 38.7 Å². The Hall–Kier alpha value is -3.95. The van der Waals surface area contributed by atoms with Gasteiger partial charge in [-0.05, 0) is 104 Å². The highest BCUT2D eigenvalue weighted by Crippen LogP contribution is 2.37. The van der Waals surface area contributed by atoms with E-state index in [0.717, 1.165) is 37.8 Å². The van der Waals surface area contributed by atoms with Crippen LogP contribution in [-0.4, -0.2) is 115 Å². The van der Waals surface area contributed by atoms with Crippen molar-refractivity contribution in [2.45, 2.75) is 180 Å². The molecule has 4 aromatic rings. The number of aliphatic hydroxyl groups excluding tert-OH is 2. The minimum Gasteiger partial charge on any atom is -0.444 e. The standard InChI is InChI=1S/C46H74N8O8Si2/c1-45(2,3)61-43(57)51-19-13-15-35(51)41-49-33-25-31(27-47-39(33)53(41)29-59-21-23-63(7,8)9)37(55)17-18-38(56)32-26-34-40(48-28-32)54(30-60-22-24-64(10,11)12)42(50-34)36-16-14-20-52(36)44(58)62-46(4,5)6/h25-28,35-38,55-56H,13-24,29-30H2,1-12H3. The third-order valence-corrected chi connectivity index (χ3v) is 15.0. The second-order valence-corrected chi connectivity index (χ2v) is 33.2. The smallest absolute Gasteiger partial charge is 0.410 e. The van der Waals surface area contributed by atoms with Gasteiger partial charge in [-0.15, -0.1) is 0 Å². The Bertz CT molecular complexity index is 2080. The van der Waals surface area contributed by atoms with Crippen LogP contribution in [0.3, 0.4) is 0 Å². The van der Waals surface area contributed by atoms with Gasteiger partial charge in [0.05, 0.1) is 24.3 Å². The van der Waals surface area contributed by atoms with E-state index in [9.17, 15) is 19.8 Å². The van der Waals surface area contributed by atoms with Crippen LogP contribution in [-0.2, 0) is 32.4 Å². The molecule has 0 bridgehead atoms. The first-order valence-electron chi connectivity index (χ1n) is 23.1. The number of carbonyl (C=O) groups is 2. The molecule has 64 heavy (non-hydrogen) atoms. The largest absolute Gasteiger partial charge is 0.444 e. The molecule has 2 N–H and O–H groups in total. The molecule has 0 spiro atoms. The van der Waals surface area contributed by atoms with E-state index < -0.39 is 39.6 Å². The van der Waals surface area contributed by atoms with Gasteiger partial charge in [0.1, 0.15) is 47.3 Å². The second kappa shape index (κ2) is 19.9. The van der Waals surface area contributed by atoms with Crippen molar-refractivity contribution >= 4 is 50.7 Å². The number of fused-ring (bicyclic) bond motifs is 2. The molecular formula is C46H74N8O8Si2. The van der Waals surface area contributed by atoms with Crippen LogP contribution in [0.25, 0.3) is 22.3 Å². The SMILES string of the molecule is CC(C)(C)OC(=O)N1CCCC1c1nc2cc(C(O)CCC(O)c3cnc4c(c3)nc(C3CCCN3C(=O)OC(C)(C)C)n4COCC[Si](C)(C)C)cnc2n1COCC[Si](C)(C)C. The number of aliphatic hydroxyl groups is 2. The normalized spacial score (nSPS) is 18.7. The number of pyridine rings is 2. The fourth-order valence-electron chi connectivity index (χ4n) is 8.08. The average Bonchev–Trinajstić information content (AvgIpc) is 3.99. The maximum absolute atomic E-state index is 13.3. The molecule has 0 aromatic carbocycles. The Morgan fingerprint density at radius 2 is 1.05 bits per heavy atom. The van der Waals surface area contributed by atoms with E-state index in [1.54, 1.807) is 22.2 Å². The molecule has 4 atom stereocenters. The highest BCUT2D eigenvalue weighted by molar-refractivity contribution is 6.76. The van der Waals surface area contributed by atoms with Gasteiger partial charge < -0.3 is 29.2 Å². The lowest BCUT2D eigenvalue weighted by molar-refractivity contribution is 0.0195. The van der Waals surface area contributed by atoms with E-state index >= 15 is 0 Å². The Balaban J connectivity index is 1.20. The van der Waals surface area contributed by atoms with E-state index in [4.69, 9.17) is 38.9 Å². The summed E-state index contributed by atoms with van der Waals surface area (Å²) in [6, 6.07) is 5.07. The van der Waals surface area contributed by atoms with E-state index in [1.807, 2.05) is 62.8 Å². The van der Waals surface area contributed by atoms with Crippen LogP contribution >= 0.6 is 0 Å². The molecule has 2 amide bonds. The number of imidazole rings is 2. The number of hydrogen-bond acceptors (Lipinski definition) is 12. The minimum atomic E-state index is -1.33. The fraction of sp³-hybridized carbons (Fsp3) is 0.696. The number of hydrogen-bond donors (Lipinski definition) is 2. The van der Waals surface area contributed by atoms with Gasteiger partial charge in [-0.3, -0.25) is 18.9 Å². The highest BCUT2D eigenvalue weighted by atomic mass is 28.3. The van der Waals surface area contributed by atoms with Crippen molar-refractivity contribution in [1.29, 1.82) is 0 Å². The van der Waals surface area contributed by atoms with E-state index in [0.29, 0.717) is 71.4 Å². The van der Waals surface area contributed by atoms with Gasteiger partial charge in [-0.25, -0.2) is 29.5 Å². The van der Waals surface area contributed by atoms with Gasteiger partial charge in [0.25, 0.3) is 0 Å². The quantitative estimate of drug-likeness (QED) is 0.0758. The Kier molecular flexibility index (Phi) is 15.4. The maximum atomic E-state index is 13.3. The van der Waals surface area contributed by atoms with Crippen molar-refractivity contribution in [1.82, 2.24) is 38.9 Å². The summed E-state index contributed by atoms with van der Waals surface area (Å²) in [5.74, 6) is 1.36. The topological polar surface area (TPSA) is 179 Å². The molecular weight excluding hydrogens is 849 g/mol. The van der Waals surface area contributed by atoms with Gasteiger partial charge in [0.2, 0.25) is 0 Å². The number of nitrogens with zero attached hydrogens (tertiary/aromatic N) is 8. The van der Waals surface area contributed by atoms with Gasteiger partial charge in [-0.2, -0.15) is 0 Å². The summed E-state index contributed by atoms with van der Waals surface area (Å²) in [6.45, 7) is 27.9. The summed E-state index contributed by atoms with van der Waals surface area (Å²) >= 11 is 0. The molecule has 2 aliphatic heterocycles. The third kappa shape index (κ3) is 12.9. The summed E-state index contributed by atoms with van der Waals surface area (Å²) in [6.07, 6.45) is 4.25. The van der Waals surface area contributed by atoms with Crippen LogP contribution in [0.2, 0.25) is 51.4 Å². The van der Waals surface area contributed by atoms with Crippen LogP contribution in [0.5, 0.6) is 0 Å². The van der Waals surface area contributed by atoms with Crippen LogP contribution < -0.4 is 0 Å². The molecule has 0 saturated carbocycles. The van der Waals surface area contributed by atoms with Crippen molar-refractivity contribution in [3.63, 3.8) is 0 Å². The zero-order valence-electron chi connectivity index (χ0n) is 40.4. The molecule has 18 heteroatoms. The minimum absolute atomic E-state index is 0.239. The Morgan fingerprint density at radius 1 is 0.672 bits per heavy atom. The number of rotatable bonds is 17. The van der Waals surface area contributed by atoms with Gasteiger partial charge in [0.15, 0.2) is 11.3 Å². The molecule has 6 rings (SSSR count). The van der Waals surface area contributed by atoms with Gasteiger partial charge >= 0.3 is 12.2 Å². The first-order valence-corrected chi connectivity index (χ1v) is 30.5. The molecule has 2 aliphatic rings. The number of aromatic nitrogens is 6. The lowest BCUT2D eigenvalue weighted by Gasteiger charge is -2.28. The molecule has 6 heterocycles. The van der Waals surface area contributed by atoms with Crippen LogP contribution in [0, 0.1) is 0 Å². The number of amides is 2. The Morgan fingerprint density at radius 3 is 1.39 bits per heavy atom. The summed E-state index contributed by atoms with van der Waals surface area (Å²) in [5.41, 5.74) is 2.29. The highest BCUT2D eigenvalue weighted by Gasteiger charge is 2.38. The predicted octanol–water partition coefficient (Wildman–Crippen LogP) is 9.49. The monoisotopic (exact) mass is 923 g/mol. The number of likely N-dealkylation sites (tertiary alicyclic amines) is 2. The van der Waals surface area contributed by atoms with Crippen molar-refractivity contribution in [2.24, 2.45) is 0 Å². The zero-order valence-corrected chi connectivity index (χ0v) is 42.4. The van der Waals surface area contributed by atoms with Crippen LogP contribution in [0.15, 0.2) is 24.5 Å². The molecule has 2 saturated heterocycles. The van der Waals surface area contributed by atoms with Crippen molar-refractivity contribution in [3.05, 3.63) is 47.3 Å². The summed E-state index contributed by atoms with van der Waals surface area (Å²) in [5, 5.41) is 23.0. The Labute approximate surface area is 381 Å². The first-order chi connectivity index (χ1) is 29.9. The predicted molar refractivity (Wildman–Crippen MR) is 252 cm³/mol. The third-order valence-electron chi connectivity index (χ3n) is 11.5. The lowest BCUT2D eigenvalue weighted by Crippen LogP contribution is -2.37. The second-order valence-electron chi connectivity index (χ2n) is 22.0. The maximum Gasteiger partial charge on any atom is 0.410 e. The summed E-state index contributed by atoms with van der Waals surface area (Å²) in [7, 11) is -2.66. The summed E-state index contributed by atoms with van der Waals surface area (Å²) < 4.78 is 27.9. The molecule has 0 aliphatic carbocycles.